The largest absolute Gasteiger partial charge is 0.316 e. The van der Waals surface area contributed by atoms with E-state index in [1.54, 1.807) is 17.8 Å². The lowest BCUT2D eigenvalue weighted by Crippen LogP contribution is -2.30. The first-order valence-corrected chi connectivity index (χ1v) is 8.33. The maximum atomic E-state index is 13.5. The fourth-order valence-corrected chi connectivity index (χ4v) is 3.41. The highest BCUT2D eigenvalue weighted by Gasteiger charge is 2.11. The molecule has 1 nitrogen and oxygen atoms in total. The molecule has 0 saturated carbocycles. The van der Waals surface area contributed by atoms with Crippen LogP contribution in [0.15, 0.2) is 47.4 Å². The highest BCUT2D eigenvalue weighted by molar-refractivity contribution is 7.99. The van der Waals surface area contributed by atoms with E-state index in [-0.39, 0.29) is 16.9 Å². The molecule has 5 heteroatoms. The second kappa shape index (κ2) is 8.04. The molecule has 0 aliphatic heterocycles. The zero-order chi connectivity index (χ0) is 15.2. The van der Waals surface area contributed by atoms with Gasteiger partial charge >= 0.3 is 0 Å². The highest BCUT2D eigenvalue weighted by Crippen LogP contribution is 2.27. The molecule has 0 aliphatic rings. The van der Waals surface area contributed by atoms with E-state index in [4.69, 9.17) is 23.2 Å². The normalized spacial score (nSPS) is 12.4. The van der Waals surface area contributed by atoms with E-state index < -0.39 is 0 Å². The molecule has 2 rings (SSSR count). The summed E-state index contributed by atoms with van der Waals surface area (Å²) in [6.45, 7) is 0. The predicted octanol–water partition coefficient (Wildman–Crippen LogP) is 5.06. The monoisotopic (exact) mass is 343 g/mol. The molecular formula is C16H16Cl2FNS. The molecule has 112 valence electrons. The number of thioether (sulfide) groups is 1. The minimum Gasteiger partial charge on any atom is -0.316 e. The van der Waals surface area contributed by atoms with Gasteiger partial charge in [0, 0.05) is 16.7 Å². The van der Waals surface area contributed by atoms with Gasteiger partial charge in [0.05, 0.1) is 10.0 Å². The fourth-order valence-electron chi connectivity index (χ4n) is 1.95. The van der Waals surface area contributed by atoms with Crippen LogP contribution in [0.5, 0.6) is 0 Å². The Bertz CT molecular complexity index is 607. The Morgan fingerprint density at radius 3 is 2.57 bits per heavy atom. The zero-order valence-corrected chi connectivity index (χ0v) is 13.9. The van der Waals surface area contributed by atoms with Crippen LogP contribution in [0.3, 0.4) is 0 Å². The van der Waals surface area contributed by atoms with Gasteiger partial charge in [0.25, 0.3) is 0 Å². The van der Waals surface area contributed by atoms with Gasteiger partial charge in [0.1, 0.15) is 5.82 Å². The Kier molecular flexibility index (Phi) is 6.37. The SMILES string of the molecule is CNC(CSc1ccccc1Cl)Cc1ccc(Cl)c(F)c1. The Hall–Kier alpha value is -0.740. The zero-order valence-electron chi connectivity index (χ0n) is 11.6. The van der Waals surface area contributed by atoms with Gasteiger partial charge in [-0.25, -0.2) is 4.39 Å². The second-order valence-electron chi connectivity index (χ2n) is 4.68. The number of hydrogen-bond donors (Lipinski definition) is 1. The van der Waals surface area contributed by atoms with Crippen molar-refractivity contribution in [3.8, 4) is 0 Å². The molecule has 0 aromatic heterocycles. The van der Waals surface area contributed by atoms with Crippen LogP contribution in [0.2, 0.25) is 10.0 Å². The van der Waals surface area contributed by atoms with E-state index in [1.807, 2.05) is 37.4 Å². The maximum Gasteiger partial charge on any atom is 0.142 e. The van der Waals surface area contributed by atoms with Crippen LogP contribution in [0.1, 0.15) is 5.56 Å². The van der Waals surface area contributed by atoms with E-state index in [9.17, 15) is 4.39 Å². The van der Waals surface area contributed by atoms with E-state index in [0.29, 0.717) is 0 Å². The average molecular weight is 344 g/mol. The summed E-state index contributed by atoms with van der Waals surface area (Å²) in [4.78, 5) is 1.06. The summed E-state index contributed by atoms with van der Waals surface area (Å²) in [5.74, 6) is 0.479. The molecular weight excluding hydrogens is 328 g/mol. The first-order valence-electron chi connectivity index (χ1n) is 6.58. The maximum absolute atomic E-state index is 13.5. The van der Waals surface area contributed by atoms with Crippen molar-refractivity contribution in [1.82, 2.24) is 5.32 Å². The van der Waals surface area contributed by atoms with Gasteiger partial charge in [-0.2, -0.15) is 0 Å². The summed E-state index contributed by atoms with van der Waals surface area (Å²) >= 11 is 13.5. The molecule has 1 unspecified atom stereocenters. The summed E-state index contributed by atoms with van der Waals surface area (Å²) in [5, 5.41) is 4.17. The van der Waals surface area contributed by atoms with Crippen LogP contribution >= 0.6 is 35.0 Å². The molecule has 0 saturated heterocycles. The number of halogens is 3. The minimum absolute atomic E-state index is 0.158. The molecule has 1 atom stereocenters. The van der Waals surface area contributed by atoms with Gasteiger partial charge in [-0.15, -0.1) is 11.8 Å². The van der Waals surface area contributed by atoms with Crippen LogP contribution in [0.4, 0.5) is 4.39 Å². The van der Waals surface area contributed by atoms with E-state index >= 15 is 0 Å². The third-order valence-corrected chi connectivity index (χ3v) is 5.14. The number of hydrogen-bond acceptors (Lipinski definition) is 2. The summed E-state index contributed by atoms with van der Waals surface area (Å²) < 4.78 is 13.5. The second-order valence-corrected chi connectivity index (χ2v) is 6.56. The number of likely N-dealkylation sites (N-methyl/N-ethyl adjacent to an activating group) is 1. The predicted molar refractivity (Wildman–Crippen MR) is 90.1 cm³/mol. The van der Waals surface area contributed by atoms with Crippen molar-refractivity contribution in [1.29, 1.82) is 0 Å². The molecule has 0 amide bonds. The number of benzene rings is 2. The van der Waals surface area contributed by atoms with Gasteiger partial charge in [-0.1, -0.05) is 41.4 Å². The van der Waals surface area contributed by atoms with E-state index in [0.717, 1.165) is 27.7 Å². The lowest BCUT2D eigenvalue weighted by molar-refractivity contribution is 0.603. The van der Waals surface area contributed by atoms with Gasteiger partial charge in [0.2, 0.25) is 0 Å². The third kappa shape index (κ3) is 4.89. The quantitative estimate of drug-likeness (QED) is 0.736. The van der Waals surface area contributed by atoms with Gasteiger partial charge < -0.3 is 5.32 Å². The molecule has 21 heavy (non-hydrogen) atoms. The Balaban J connectivity index is 1.97. The van der Waals surface area contributed by atoms with Crippen molar-refractivity contribution in [2.24, 2.45) is 0 Å². The van der Waals surface area contributed by atoms with Crippen molar-refractivity contribution in [3.63, 3.8) is 0 Å². The van der Waals surface area contributed by atoms with Gasteiger partial charge in [-0.3, -0.25) is 0 Å². The summed E-state index contributed by atoms with van der Waals surface area (Å²) in [6.07, 6.45) is 0.738. The molecule has 0 spiro atoms. The van der Waals surface area contributed by atoms with Crippen molar-refractivity contribution in [2.45, 2.75) is 17.4 Å². The third-order valence-electron chi connectivity index (χ3n) is 3.15. The molecule has 0 radical (unpaired) electrons. The Morgan fingerprint density at radius 2 is 1.90 bits per heavy atom. The minimum atomic E-state index is -0.372. The van der Waals surface area contributed by atoms with Gasteiger partial charge in [-0.05, 0) is 43.3 Å². The van der Waals surface area contributed by atoms with Crippen LogP contribution in [-0.4, -0.2) is 18.8 Å². The molecule has 2 aromatic carbocycles. The molecule has 2 aromatic rings. The first-order chi connectivity index (χ1) is 10.1. The first kappa shape index (κ1) is 16.6. The summed E-state index contributed by atoms with van der Waals surface area (Å²) in [5.41, 5.74) is 0.927. The van der Waals surface area contributed by atoms with Crippen molar-refractivity contribution in [3.05, 3.63) is 63.9 Å². The number of rotatable bonds is 6. The van der Waals surface area contributed by atoms with Crippen molar-refractivity contribution >= 4 is 35.0 Å². The Morgan fingerprint density at radius 1 is 1.14 bits per heavy atom. The topological polar surface area (TPSA) is 12.0 Å². The highest BCUT2D eigenvalue weighted by atomic mass is 35.5. The molecule has 0 bridgehead atoms. The standard InChI is InChI=1S/C16H16Cl2FNS/c1-20-12(8-11-6-7-13(17)15(19)9-11)10-21-16-5-3-2-4-14(16)18/h2-7,9,12,20H,8,10H2,1H3. The average Bonchev–Trinajstić information content (AvgIpc) is 2.48. The molecule has 0 fully saturated rings. The fraction of sp³-hybridized carbons (Fsp3) is 0.250. The van der Waals surface area contributed by atoms with Crippen molar-refractivity contribution in [2.75, 3.05) is 12.8 Å². The molecule has 1 N–H and O–H groups in total. The van der Waals surface area contributed by atoms with Crippen molar-refractivity contribution < 1.29 is 4.39 Å². The van der Waals surface area contributed by atoms with Crippen LogP contribution in [0, 0.1) is 5.82 Å². The van der Waals surface area contributed by atoms with Gasteiger partial charge in [0.15, 0.2) is 0 Å². The van der Waals surface area contributed by atoms with E-state index in [1.165, 1.54) is 6.07 Å². The lowest BCUT2D eigenvalue weighted by Gasteiger charge is -2.16. The molecule has 0 aliphatic carbocycles. The van der Waals surface area contributed by atoms with Crippen LogP contribution in [0.25, 0.3) is 0 Å². The summed E-state index contributed by atoms with van der Waals surface area (Å²) in [7, 11) is 1.91. The van der Waals surface area contributed by atoms with Crippen LogP contribution < -0.4 is 5.32 Å². The lowest BCUT2D eigenvalue weighted by atomic mass is 10.1. The Labute approximate surface area is 138 Å². The molecule has 0 heterocycles. The van der Waals surface area contributed by atoms with E-state index in [2.05, 4.69) is 5.32 Å². The summed E-state index contributed by atoms with van der Waals surface area (Å²) in [6, 6.07) is 12.9. The number of nitrogens with one attached hydrogen (secondary N) is 1. The smallest absolute Gasteiger partial charge is 0.142 e. The van der Waals surface area contributed by atoms with Crippen LogP contribution in [-0.2, 0) is 6.42 Å².